The summed E-state index contributed by atoms with van der Waals surface area (Å²) >= 11 is 0. The molecule has 0 unspecified atom stereocenters. The molecule has 9 nitrogen and oxygen atoms in total. The van der Waals surface area contributed by atoms with Crippen molar-refractivity contribution in [2.45, 2.75) is 39.3 Å². The predicted molar refractivity (Wildman–Crippen MR) is 114 cm³/mol. The van der Waals surface area contributed by atoms with Crippen LogP contribution in [0.5, 0.6) is 0 Å². The Kier molecular flexibility index (Phi) is 10.9. The van der Waals surface area contributed by atoms with Crippen LogP contribution in [0.4, 0.5) is 32.2 Å². The van der Waals surface area contributed by atoms with E-state index in [9.17, 15) is 26.3 Å². The molecule has 200 valence electrons. The number of halogens is 6. The van der Waals surface area contributed by atoms with Crippen LogP contribution >= 0.6 is 0 Å². The van der Waals surface area contributed by atoms with Crippen LogP contribution < -0.4 is 4.90 Å². The summed E-state index contributed by atoms with van der Waals surface area (Å²) in [5.41, 5.74) is 3.44. The molecule has 0 saturated carbocycles. The average Bonchev–Trinajstić information content (AvgIpc) is 2.98. The topological polar surface area (TPSA) is 120 Å². The van der Waals surface area contributed by atoms with Gasteiger partial charge in [-0.3, -0.25) is 4.90 Å². The molecular weight excluding hydrogens is 502 g/mol. The van der Waals surface area contributed by atoms with E-state index in [1.165, 1.54) is 11.1 Å². The molecule has 3 heterocycles. The van der Waals surface area contributed by atoms with Crippen molar-refractivity contribution in [3.63, 3.8) is 0 Å². The number of carbonyl (C=O) groups is 2. The monoisotopic (exact) mass is 526 g/mol. The number of carboxylic acids is 2. The maximum Gasteiger partial charge on any atom is 0.490 e. The lowest BCUT2D eigenvalue weighted by atomic mass is 10.1. The summed E-state index contributed by atoms with van der Waals surface area (Å²) in [6.07, 6.45) is -6.37. The molecule has 0 saturated heterocycles. The van der Waals surface area contributed by atoms with Crippen LogP contribution in [0.15, 0.2) is 35.5 Å². The number of anilines is 1. The molecule has 2 aromatic heterocycles. The number of carboxylic acid groups (broad SMARTS) is 2. The van der Waals surface area contributed by atoms with Crippen LogP contribution in [0, 0.1) is 13.8 Å². The number of nitrogens with zero attached hydrogens (tertiary/aromatic N) is 4. The summed E-state index contributed by atoms with van der Waals surface area (Å²) in [5.74, 6) is -3.53. The first-order valence-corrected chi connectivity index (χ1v) is 10.1. The average molecular weight is 526 g/mol. The Hall–Kier alpha value is -3.62. The fraction of sp³-hybridized carbons (Fsp3) is 0.429. The highest BCUT2D eigenvalue weighted by atomic mass is 19.4. The highest BCUT2D eigenvalue weighted by molar-refractivity contribution is 5.73. The van der Waals surface area contributed by atoms with E-state index >= 15 is 0 Å². The highest BCUT2D eigenvalue weighted by Gasteiger charge is 2.38. The fourth-order valence-corrected chi connectivity index (χ4v) is 2.95. The van der Waals surface area contributed by atoms with Crippen molar-refractivity contribution in [1.29, 1.82) is 0 Å². The van der Waals surface area contributed by atoms with E-state index in [2.05, 4.69) is 32.6 Å². The largest absolute Gasteiger partial charge is 0.490 e. The summed E-state index contributed by atoms with van der Waals surface area (Å²) in [4.78, 5) is 27.1. The van der Waals surface area contributed by atoms with Gasteiger partial charge in [0, 0.05) is 50.0 Å². The zero-order valence-electron chi connectivity index (χ0n) is 19.2. The van der Waals surface area contributed by atoms with Gasteiger partial charge in [-0.25, -0.2) is 14.6 Å². The number of pyridine rings is 1. The summed E-state index contributed by atoms with van der Waals surface area (Å²) in [7, 11) is 0. The van der Waals surface area contributed by atoms with E-state index in [4.69, 9.17) is 24.3 Å². The van der Waals surface area contributed by atoms with Gasteiger partial charge in [-0.2, -0.15) is 26.3 Å². The van der Waals surface area contributed by atoms with Crippen molar-refractivity contribution in [2.24, 2.45) is 0 Å². The molecule has 0 bridgehead atoms. The number of aryl methyl sites for hydroxylation is 2. The molecule has 2 N–H and O–H groups in total. The molecule has 0 amide bonds. The lowest BCUT2D eigenvalue weighted by Gasteiger charge is -2.22. The Morgan fingerprint density at radius 1 is 1.11 bits per heavy atom. The first-order chi connectivity index (χ1) is 16.6. The maximum atomic E-state index is 10.6. The smallest absolute Gasteiger partial charge is 0.475 e. The molecule has 0 aliphatic carbocycles. The molecular formula is C21H24F6N4O5. The zero-order valence-corrected chi connectivity index (χ0v) is 19.2. The Morgan fingerprint density at radius 3 is 2.11 bits per heavy atom. The summed E-state index contributed by atoms with van der Waals surface area (Å²) < 4.78 is 68.8. The molecule has 0 aromatic carbocycles. The van der Waals surface area contributed by atoms with E-state index in [-0.39, 0.29) is 0 Å². The Morgan fingerprint density at radius 2 is 1.67 bits per heavy atom. The minimum absolute atomic E-state index is 0.823. The molecule has 2 aromatic rings. The third kappa shape index (κ3) is 9.56. The van der Waals surface area contributed by atoms with Crippen molar-refractivity contribution < 1.29 is 50.7 Å². The van der Waals surface area contributed by atoms with E-state index in [0.717, 1.165) is 50.0 Å². The molecule has 15 heteroatoms. The third-order valence-corrected chi connectivity index (χ3v) is 4.64. The second-order valence-corrected chi connectivity index (χ2v) is 7.34. The Balaban J connectivity index is 0.000000383. The van der Waals surface area contributed by atoms with Gasteiger partial charge in [-0.15, -0.1) is 6.58 Å². The Labute approximate surface area is 201 Å². The second kappa shape index (κ2) is 12.9. The highest BCUT2D eigenvalue weighted by Crippen LogP contribution is 2.24. The van der Waals surface area contributed by atoms with Gasteiger partial charge in [0.1, 0.15) is 11.6 Å². The fourth-order valence-electron chi connectivity index (χ4n) is 2.95. The van der Waals surface area contributed by atoms with Gasteiger partial charge in [-0.1, -0.05) is 17.3 Å². The van der Waals surface area contributed by atoms with Crippen LogP contribution in [-0.2, 0) is 22.7 Å². The number of fused-ring (bicyclic) bond motifs is 1. The zero-order chi connectivity index (χ0) is 27.7. The molecule has 0 spiro atoms. The molecule has 0 atom stereocenters. The summed E-state index contributed by atoms with van der Waals surface area (Å²) in [6, 6.07) is 4.16. The van der Waals surface area contributed by atoms with Crippen molar-refractivity contribution in [2.75, 3.05) is 24.5 Å². The molecule has 36 heavy (non-hydrogen) atoms. The minimum atomic E-state index is -5.08. The van der Waals surface area contributed by atoms with Gasteiger partial charge in [0.2, 0.25) is 0 Å². The van der Waals surface area contributed by atoms with Crippen LogP contribution in [0.3, 0.4) is 0 Å². The molecule has 1 aliphatic rings. The number of alkyl halides is 6. The molecule has 3 rings (SSSR count). The van der Waals surface area contributed by atoms with E-state index in [1.807, 2.05) is 32.2 Å². The van der Waals surface area contributed by atoms with Gasteiger partial charge in [-0.05, 0) is 19.9 Å². The third-order valence-electron chi connectivity index (χ3n) is 4.64. The normalized spacial score (nSPS) is 13.8. The van der Waals surface area contributed by atoms with Crippen LogP contribution in [0.1, 0.15) is 22.6 Å². The van der Waals surface area contributed by atoms with Gasteiger partial charge < -0.3 is 19.6 Å². The lowest BCUT2D eigenvalue weighted by molar-refractivity contribution is -0.193. The van der Waals surface area contributed by atoms with Crippen molar-refractivity contribution >= 4 is 17.8 Å². The molecule has 1 aliphatic heterocycles. The standard InChI is InChI=1S/C17H22N4O.2C2HF3O2/c1-4-8-21-10-9-20(11-15-6-5-7-18-17(15)21)12-16-13(2)19-22-14(16)3;2*3-2(4,5)1(6)7/h4-7H,1,8-12H2,2-3H3;2*(H,6,7). The van der Waals surface area contributed by atoms with E-state index in [1.54, 1.807) is 0 Å². The van der Waals surface area contributed by atoms with Gasteiger partial charge in [0.05, 0.1) is 5.69 Å². The molecule has 0 fully saturated rings. The summed E-state index contributed by atoms with van der Waals surface area (Å²) in [5, 5.41) is 18.3. The van der Waals surface area contributed by atoms with E-state index < -0.39 is 24.3 Å². The maximum absolute atomic E-state index is 10.6. The van der Waals surface area contributed by atoms with Crippen LogP contribution in [-0.4, -0.2) is 69.2 Å². The number of aromatic nitrogens is 2. The number of hydrogen-bond acceptors (Lipinski definition) is 7. The quantitative estimate of drug-likeness (QED) is 0.451. The van der Waals surface area contributed by atoms with Crippen LogP contribution in [0.2, 0.25) is 0 Å². The first kappa shape index (κ1) is 30.4. The van der Waals surface area contributed by atoms with Gasteiger partial charge in [0.15, 0.2) is 0 Å². The van der Waals surface area contributed by atoms with Crippen molar-refractivity contribution in [1.82, 2.24) is 15.0 Å². The SMILES string of the molecule is C=CCN1CCN(Cc2c(C)noc2C)Cc2cccnc21.O=C(O)C(F)(F)F.O=C(O)C(F)(F)F. The van der Waals surface area contributed by atoms with Gasteiger partial charge >= 0.3 is 24.3 Å². The first-order valence-electron chi connectivity index (χ1n) is 10.1. The number of hydrogen-bond donors (Lipinski definition) is 2. The number of rotatable bonds is 4. The second-order valence-electron chi connectivity index (χ2n) is 7.34. The van der Waals surface area contributed by atoms with Crippen LogP contribution in [0.25, 0.3) is 0 Å². The lowest BCUT2D eigenvalue weighted by Crippen LogP contribution is -2.31. The van der Waals surface area contributed by atoms with Crippen molar-refractivity contribution in [3.05, 3.63) is 53.6 Å². The van der Waals surface area contributed by atoms with Gasteiger partial charge in [0.25, 0.3) is 0 Å². The predicted octanol–water partition coefficient (Wildman–Crippen LogP) is 3.96. The Bertz CT molecular complexity index is 995. The van der Waals surface area contributed by atoms with E-state index in [0.29, 0.717) is 0 Å². The minimum Gasteiger partial charge on any atom is -0.475 e. The molecule has 0 radical (unpaired) electrons. The number of aliphatic carboxylic acids is 2. The van der Waals surface area contributed by atoms with Crippen molar-refractivity contribution in [3.8, 4) is 0 Å². The summed E-state index contributed by atoms with van der Waals surface area (Å²) in [6.45, 7) is 12.3.